The minimum Gasteiger partial charge on any atom is -0.494 e. The molecule has 2 amide bonds. The highest BCUT2D eigenvalue weighted by atomic mass is 19.1. The number of imide groups is 1. The summed E-state index contributed by atoms with van der Waals surface area (Å²) in [6.07, 6.45) is 2.10. The summed E-state index contributed by atoms with van der Waals surface area (Å²) in [6, 6.07) is 13.5. The highest BCUT2D eigenvalue weighted by Gasteiger charge is 2.46. The van der Waals surface area contributed by atoms with Crippen LogP contribution in [0.15, 0.2) is 48.5 Å². The molecule has 152 valence electrons. The number of carbonyl (C=O) groups excluding carboxylic acids is 2. The first-order valence-corrected chi connectivity index (χ1v) is 10.3. The zero-order valence-electron chi connectivity index (χ0n) is 16.6. The van der Waals surface area contributed by atoms with Crippen LogP contribution in [0.3, 0.4) is 0 Å². The first kappa shape index (κ1) is 19.6. The van der Waals surface area contributed by atoms with E-state index in [-0.39, 0.29) is 30.1 Å². The normalized spacial score (nSPS) is 24.8. The maximum Gasteiger partial charge on any atom is 0.292 e. The molecular weight excluding hydrogens is 371 g/mol. The Morgan fingerprint density at radius 2 is 1.83 bits per heavy atom. The van der Waals surface area contributed by atoms with Gasteiger partial charge in [0.2, 0.25) is 5.91 Å². The number of amides is 2. The van der Waals surface area contributed by atoms with Crippen molar-refractivity contribution in [2.45, 2.75) is 38.1 Å². The standard InChI is InChI=1S/C23H25FN2O3/c1-2-29-20-5-3-4-19(14-20)26-22(27)15-21(23(26)28)25-12-10-17(11-13-25)16-6-8-18(24)9-7-16/h3-9,14,17,21H,2,10-13,15H2,1H3/p+1/t21-/m0/s1. The van der Waals surface area contributed by atoms with Gasteiger partial charge in [0, 0.05) is 18.9 Å². The molecule has 5 nitrogen and oxygen atoms in total. The van der Waals surface area contributed by atoms with Gasteiger partial charge < -0.3 is 9.64 Å². The highest BCUT2D eigenvalue weighted by Crippen LogP contribution is 2.28. The van der Waals surface area contributed by atoms with E-state index in [9.17, 15) is 14.0 Å². The van der Waals surface area contributed by atoms with Crippen LogP contribution in [0.4, 0.5) is 10.1 Å². The molecule has 0 bridgehead atoms. The van der Waals surface area contributed by atoms with Crippen molar-refractivity contribution in [3.05, 3.63) is 59.9 Å². The predicted octanol–water partition coefficient (Wildman–Crippen LogP) is 2.32. The Bertz CT molecular complexity index is 891. The number of hydrogen-bond donors (Lipinski definition) is 1. The Morgan fingerprint density at radius 3 is 2.52 bits per heavy atom. The van der Waals surface area contributed by atoms with Gasteiger partial charge in [-0.05, 0) is 42.7 Å². The summed E-state index contributed by atoms with van der Waals surface area (Å²) in [5.41, 5.74) is 1.72. The average molecular weight is 397 g/mol. The maximum atomic E-state index is 13.2. The van der Waals surface area contributed by atoms with Crippen molar-refractivity contribution in [2.24, 2.45) is 0 Å². The molecule has 2 aromatic carbocycles. The number of benzene rings is 2. The fourth-order valence-electron chi connectivity index (χ4n) is 4.51. The smallest absolute Gasteiger partial charge is 0.292 e. The van der Waals surface area contributed by atoms with Gasteiger partial charge in [-0.3, -0.25) is 9.59 Å². The Morgan fingerprint density at radius 1 is 1.10 bits per heavy atom. The molecule has 2 aliphatic rings. The molecule has 1 atom stereocenters. The third-order valence-electron chi connectivity index (χ3n) is 6.00. The van der Waals surface area contributed by atoms with E-state index in [2.05, 4.69) is 0 Å². The number of halogens is 1. The molecule has 1 N–H and O–H groups in total. The van der Waals surface area contributed by atoms with Gasteiger partial charge >= 0.3 is 0 Å². The third-order valence-corrected chi connectivity index (χ3v) is 6.00. The third kappa shape index (κ3) is 4.03. The maximum absolute atomic E-state index is 13.2. The van der Waals surface area contributed by atoms with Gasteiger partial charge in [0.1, 0.15) is 11.6 Å². The molecule has 0 aromatic heterocycles. The lowest BCUT2D eigenvalue weighted by molar-refractivity contribution is -0.920. The molecule has 0 spiro atoms. The van der Waals surface area contributed by atoms with Crippen LogP contribution in [0, 0.1) is 5.82 Å². The van der Waals surface area contributed by atoms with Crippen LogP contribution in [0.25, 0.3) is 0 Å². The lowest BCUT2D eigenvalue weighted by Crippen LogP contribution is -3.17. The van der Waals surface area contributed by atoms with E-state index in [1.165, 1.54) is 21.9 Å². The molecular formula is C23H26FN2O3+. The highest BCUT2D eigenvalue weighted by molar-refractivity contribution is 6.21. The summed E-state index contributed by atoms with van der Waals surface area (Å²) in [7, 11) is 0. The van der Waals surface area contributed by atoms with E-state index in [4.69, 9.17) is 4.74 Å². The lowest BCUT2D eigenvalue weighted by Gasteiger charge is -2.32. The van der Waals surface area contributed by atoms with Gasteiger partial charge in [-0.15, -0.1) is 0 Å². The largest absolute Gasteiger partial charge is 0.494 e. The lowest BCUT2D eigenvalue weighted by atomic mass is 9.89. The second-order valence-corrected chi connectivity index (χ2v) is 7.74. The number of quaternary nitrogens is 1. The molecule has 4 rings (SSSR count). The fourth-order valence-corrected chi connectivity index (χ4v) is 4.51. The average Bonchev–Trinajstić information content (AvgIpc) is 3.03. The molecule has 6 heteroatoms. The second-order valence-electron chi connectivity index (χ2n) is 7.74. The van der Waals surface area contributed by atoms with Gasteiger partial charge in [-0.25, -0.2) is 9.29 Å². The predicted molar refractivity (Wildman–Crippen MR) is 108 cm³/mol. The first-order chi connectivity index (χ1) is 14.1. The summed E-state index contributed by atoms with van der Waals surface area (Å²) in [5, 5.41) is 0. The number of likely N-dealkylation sites (tertiary alicyclic amines) is 1. The minimum atomic E-state index is -0.326. The number of nitrogens with one attached hydrogen (secondary N) is 1. The number of ether oxygens (including phenoxy) is 1. The zero-order valence-corrected chi connectivity index (χ0v) is 16.6. The number of piperidine rings is 1. The number of carbonyl (C=O) groups is 2. The van der Waals surface area contributed by atoms with E-state index in [0.717, 1.165) is 31.5 Å². The first-order valence-electron chi connectivity index (χ1n) is 10.3. The fraction of sp³-hybridized carbons (Fsp3) is 0.391. The van der Waals surface area contributed by atoms with E-state index in [0.29, 0.717) is 24.0 Å². The Balaban J connectivity index is 1.43. The Kier molecular flexibility index (Phi) is 5.62. The molecule has 2 aliphatic heterocycles. The molecule has 2 fully saturated rings. The van der Waals surface area contributed by atoms with Crippen LogP contribution in [-0.2, 0) is 9.59 Å². The Hall–Kier alpha value is -2.73. The second kappa shape index (κ2) is 8.33. The number of nitrogens with zero attached hydrogens (tertiary/aromatic N) is 1. The molecule has 0 unspecified atom stereocenters. The number of rotatable bonds is 5. The molecule has 2 saturated heterocycles. The number of hydrogen-bond acceptors (Lipinski definition) is 3. The van der Waals surface area contributed by atoms with E-state index < -0.39 is 0 Å². The SMILES string of the molecule is CCOc1cccc(N2C(=O)C[C@H]([NH+]3CCC(c4ccc(F)cc4)CC3)C2=O)c1. The topological polar surface area (TPSA) is 51.0 Å². The van der Waals surface area contributed by atoms with Crippen LogP contribution in [0.1, 0.15) is 37.7 Å². The monoisotopic (exact) mass is 397 g/mol. The number of anilines is 1. The van der Waals surface area contributed by atoms with Crippen molar-refractivity contribution >= 4 is 17.5 Å². The molecule has 0 aliphatic carbocycles. The summed E-state index contributed by atoms with van der Waals surface area (Å²) < 4.78 is 18.7. The van der Waals surface area contributed by atoms with Crippen molar-refractivity contribution in [1.82, 2.24) is 0 Å². The summed E-state index contributed by atoms with van der Waals surface area (Å²) in [5.74, 6) is 0.535. The minimum absolute atomic E-state index is 0.126. The van der Waals surface area contributed by atoms with Crippen LogP contribution in [0.2, 0.25) is 0 Å². The van der Waals surface area contributed by atoms with Crippen LogP contribution in [-0.4, -0.2) is 37.6 Å². The van der Waals surface area contributed by atoms with Crippen molar-refractivity contribution in [1.29, 1.82) is 0 Å². The molecule has 2 aromatic rings. The van der Waals surface area contributed by atoms with Crippen LogP contribution < -0.4 is 14.5 Å². The molecule has 0 saturated carbocycles. The van der Waals surface area contributed by atoms with Crippen LogP contribution >= 0.6 is 0 Å². The summed E-state index contributed by atoms with van der Waals surface area (Å²) >= 11 is 0. The molecule has 2 heterocycles. The summed E-state index contributed by atoms with van der Waals surface area (Å²) in [4.78, 5) is 28.2. The van der Waals surface area contributed by atoms with Crippen molar-refractivity contribution < 1.29 is 23.6 Å². The molecule has 29 heavy (non-hydrogen) atoms. The van der Waals surface area contributed by atoms with Gasteiger partial charge in [-0.2, -0.15) is 0 Å². The van der Waals surface area contributed by atoms with E-state index in [1.807, 2.05) is 25.1 Å². The van der Waals surface area contributed by atoms with E-state index >= 15 is 0 Å². The quantitative estimate of drug-likeness (QED) is 0.788. The summed E-state index contributed by atoms with van der Waals surface area (Å²) in [6.45, 7) is 4.09. The van der Waals surface area contributed by atoms with Gasteiger partial charge in [0.15, 0.2) is 6.04 Å². The van der Waals surface area contributed by atoms with Crippen molar-refractivity contribution in [3.8, 4) is 5.75 Å². The zero-order chi connectivity index (χ0) is 20.4. The molecule has 0 radical (unpaired) electrons. The van der Waals surface area contributed by atoms with Gasteiger partial charge in [0.05, 0.1) is 31.8 Å². The Labute approximate surface area is 170 Å². The van der Waals surface area contributed by atoms with Gasteiger partial charge in [-0.1, -0.05) is 18.2 Å². The van der Waals surface area contributed by atoms with Crippen molar-refractivity contribution in [2.75, 3.05) is 24.6 Å². The van der Waals surface area contributed by atoms with Gasteiger partial charge in [0.25, 0.3) is 5.91 Å². The van der Waals surface area contributed by atoms with Crippen LogP contribution in [0.5, 0.6) is 5.75 Å². The van der Waals surface area contributed by atoms with E-state index in [1.54, 1.807) is 18.2 Å². The van der Waals surface area contributed by atoms with Crippen molar-refractivity contribution in [3.63, 3.8) is 0 Å².